The van der Waals surface area contributed by atoms with Gasteiger partial charge in [-0.25, -0.2) is 4.79 Å². The predicted octanol–water partition coefficient (Wildman–Crippen LogP) is 2.62. The summed E-state index contributed by atoms with van der Waals surface area (Å²) in [5.41, 5.74) is 2.86. The van der Waals surface area contributed by atoms with Crippen LogP contribution in [0, 0.1) is 6.92 Å². The Morgan fingerprint density at radius 2 is 1.96 bits per heavy atom. The number of amides is 3. The molecule has 1 aromatic heterocycles. The van der Waals surface area contributed by atoms with Crippen LogP contribution < -0.4 is 16.0 Å². The summed E-state index contributed by atoms with van der Waals surface area (Å²) < 4.78 is 5.49. The lowest BCUT2D eigenvalue weighted by molar-refractivity contribution is 0.0858. The van der Waals surface area contributed by atoms with E-state index in [0.29, 0.717) is 24.3 Å². The summed E-state index contributed by atoms with van der Waals surface area (Å²) in [7, 11) is 0. The zero-order valence-electron chi connectivity index (χ0n) is 15.3. The number of nitrogens with zero attached hydrogens (tertiary/aromatic N) is 1. The Bertz CT molecular complexity index is 786. The SMILES string of the molecule is Cc1cccc(CNC(=O)Nc2ccc(C(=O)NC[C@H]3CCCO3)cc2)n1. The number of nitrogens with one attached hydrogen (secondary N) is 3. The normalized spacial score (nSPS) is 16.0. The Morgan fingerprint density at radius 1 is 1.15 bits per heavy atom. The van der Waals surface area contributed by atoms with Gasteiger partial charge in [0.25, 0.3) is 5.91 Å². The van der Waals surface area contributed by atoms with E-state index in [2.05, 4.69) is 20.9 Å². The van der Waals surface area contributed by atoms with E-state index in [0.717, 1.165) is 30.8 Å². The van der Waals surface area contributed by atoms with E-state index in [4.69, 9.17) is 4.74 Å². The molecule has 142 valence electrons. The van der Waals surface area contributed by atoms with Crippen LogP contribution in [-0.4, -0.2) is 36.2 Å². The van der Waals surface area contributed by atoms with Gasteiger partial charge in [-0.2, -0.15) is 0 Å². The van der Waals surface area contributed by atoms with Crippen LogP contribution in [0.4, 0.5) is 10.5 Å². The van der Waals surface area contributed by atoms with Crippen molar-refractivity contribution in [3.63, 3.8) is 0 Å². The van der Waals surface area contributed by atoms with E-state index in [1.54, 1.807) is 24.3 Å². The molecular formula is C20H24N4O3. The third-order valence-corrected chi connectivity index (χ3v) is 4.30. The number of aromatic nitrogens is 1. The topological polar surface area (TPSA) is 92.4 Å². The van der Waals surface area contributed by atoms with Crippen molar-refractivity contribution in [1.29, 1.82) is 0 Å². The molecule has 0 aliphatic carbocycles. The molecule has 0 radical (unpaired) electrons. The zero-order chi connectivity index (χ0) is 19.1. The number of hydrogen-bond donors (Lipinski definition) is 3. The van der Waals surface area contributed by atoms with Crippen LogP contribution in [0.5, 0.6) is 0 Å². The number of aryl methyl sites for hydroxylation is 1. The number of ether oxygens (including phenoxy) is 1. The van der Waals surface area contributed by atoms with Gasteiger partial charge < -0.3 is 20.7 Å². The first kappa shape index (κ1) is 18.8. The quantitative estimate of drug-likeness (QED) is 0.731. The van der Waals surface area contributed by atoms with Crippen LogP contribution in [0.3, 0.4) is 0 Å². The van der Waals surface area contributed by atoms with Crippen LogP contribution in [0.1, 0.15) is 34.6 Å². The molecule has 0 bridgehead atoms. The number of carbonyl (C=O) groups excluding carboxylic acids is 2. The molecule has 1 aliphatic heterocycles. The second-order valence-corrected chi connectivity index (χ2v) is 6.50. The third-order valence-electron chi connectivity index (χ3n) is 4.30. The zero-order valence-corrected chi connectivity index (χ0v) is 15.3. The number of anilines is 1. The summed E-state index contributed by atoms with van der Waals surface area (Å²) in [5, 5.41) is 8.37. The van der Waals surface area contributed by atoms with Gasteiger partial charge >= 0.3 is 6.03 Å². The molecule has 3 N–H and O–H groups in total. The minimum Gasteiger partial charge on any atom is -0.376 e. The van der Waals surface area contributed by atoms with E-state index in [9.17, 15) is 9.59 Å². The maximum Gasteiger partial charge on any atom is 0.319 e. The molecule has 27 heavy (non-hydrogen) atoms. The highest BCUT2D eigenvalue weighted by Gasteiger charge is 2.16. The van der Waals surface area contributed by atoms with E-state index < -0.39 is 0 Å². The largest absolute Gasteiger partial charge is 0.376 e. The van der Waals surface area contributed by atoms with Crippen molar-refractivity contribution in [3.8, 4) is 0 Å². The van der Waals surface area contributed by atoms with Gasteiger partial charge in [-0.1, -0.05) is 6.07 Å². The van der Waals surface area contributed by atoms with Crippen molar-refractivity contribution in [2.75, 3.05) is 18.5 Å². The summed E-state index contributed by atoms with van der Waals surface area (Å²) >= 11 is 0. The molecule has 1 saturated heterocycles. The van der Waals surface area contributed by atoms with Crippen LogP contribution in [0.25, 0.3) is 0 Å². The van der Waals surface area contributed by atoms with E-state index in [1.807, 2.05) is 25.1 Å². The second kappa shape index (κ2) is 9.14. The smallest absolute Gasteiger partial charge is 0.319 e. The summed E-state index contributed by atoms with van der Waals surface area (Å²) in [5.74, 6) is -0.146. The van der Waals surface area contributed by atoms with Gasteiger partial charge in [-0.05, 0) is 56.2 Å². The van der Waals surface area contributed by atoms with E-state index in [-0.39, 0.29) is 18.0 Å². The molecule has 1 aromatic carbocycles. The molecule has 1 atom stereocenters. The van der Waals surface area contributed by atoms with Gasteiger partial charge in [-0.15, -0.1) is 0 Å². The summed E-state index contributed by atoms with van der Waals surface area (Å²) in [4.78, 5) is 28.5. The number of pyridine rings is 1. The average Bonchev–Trinajstić information content (AvgIpc) is 3.19. The number of carbonyl (C=O) groups is 2. The number of benzene rings is 1. The van der Waals surface area contributed by atoms with E-state index >= 15 is 0 Å². The van der Waals surface area contributed by atoms with Crippen LogP contribution >= 0.6 is 0 Å². The van der Waals surface area contributed by atoms with Crippen LogP contribution in [0.15, 0.2) is 42.5 Å². The lowest BCUT2D eigenvalue weighted by atomic mass is 10.2. The van der Waals surface area contributed by atoms with Crippen molar-refractivity contribution < 1.29 is 14.3 Å². The number of rotatable bonds is 6. The van der Waals surface area contributed by atoms with Crippen molar-refractivity contribution in [1.82, 2.24) is 15.6 Å². The van der Waals surface area contributed by atoms with Gasteiger partial charge in [0.2, 0.25) is 0 Å². The summed E-state index contributed by atoms with van der Waals surface area (Å²) in [6.07, 6.45) is 2.14. The average molecular weight is 368 g/mol. The van der Waals surface area contributed by atoms with E-state index in [1.165, 1.54) is 0 Å². The van der Waals surface area contributed by atoms with Gasteiger partial charge in [0.05, 0.1) is 18.3 Å². The molecule has 0 saturated carbocycles. The Kier molecular flexibility index (Phi) is 6.38. The first-order valence-electron chi connectivity index (χ1n) is 9.07. The lowest BCUT2D eigenvalue weighted by Gasteiger charge is -2.11. The van der Waals surface area contributed by atoms with Gasteiger partial charge in [0.15, 0.2) is 0 Å². The van der Waals surface area contributed by atoms with Crippen molar-refractivity contribution >= 4 is 17.6 Å². The minimum atomic E-state index is -0.325. The predicted molar refractivity (Wildman–Crippen MR) is 103 cm³/mol. The van der Waals surface area contributed by atoms with Crippen LogP contribution in [0.2, 0.25) is 0 Å². The molecule has 2 aromatic rings. The molecular weight excluding hydrogens is 344 g/mol. The summed E-state index contributed by atoms with van der Waals surface area (Å²) in [6, 6.07) is 12.1. The first-order chi connectivity index (χ1) is 13.1. The fraction of sp³-hybridized carbons (Fsp3) is 0.350. The molecule has 7 heteroatoms. The molecule has 3 amide bonds. The molecule has 3 rings (SSSR count). The fourth-order valence-corrected chi connectivity index (χ4v) is 2.86. The molecule has 1 aliphatic rings. The van der Waals surface area contributed by atoms with Crippen molar-refractivity contribution in [2.24, 2.45) is 0 Å². The van der Waals surface area contributed by atoms with Crippen molar-refractivity contribution in [2.45, 2.75) is 32.4 Å². The molecule has 0 spiro atoms. The second-order valence-electron chi connectivity index (χ2n) is 6.50. The van der Waals surface area contributed by atoms with Gasteiger partial charge in [0.1, 0.15) is 0 Å². The monoisotopic (exact) mass is 368 g/mol. The Hall–Kier alpha value is -2.93. The first-order valence-corrected chi connectivity index (χ1v) is 9.07. The molecule has 1 fully saturated rings. The third kappa shape index (κ3) is 5.79. The Balaban J connectivity index is 1.45. The lowest BCUT2D eigenvalue weighted by Crippen LogP contribution is -2.31. The fourth-order valence-electron chi connectivity index (χ4n) is 2.86. The molecule has 7 nitrogen and oxygen atoms in total. The highest BCUT2D eigenvalue weighted by molar-refractivity contribution is 5.95. The molecule has 0 unspecified atom stereocenters. The number of hydrogen-bond acceptors (Lipinski definition) is 4. The summed E-state index contributed by atoms with van der Waals surface area (Å²) in [6.45, 7) is 3.54. The Labute approximate surface area is 158 Å². The Morgan fingerprint density at radius 3 is 2.67 bits per heavy atom. The highest BCUT2D eigenvalue weighted by atomic mass is 16.5. The highest BCUT2D eigenvalue weighted by Crippen LogP contribution is 2.12. The van der Waals surface area contributed by atoms with Gasteiger partial charge in [0, 0.05) is 30.1 Å². The van der Waals surface area contributed by atoms with Crippen molar-refractivity contribution in [3.05, 3.63) is 59.4 Å². The standard InChI is InChI=1S/C20H24N4O3/c1-14-4-2-5-17(23-14)12-22-20(26)24-16-9-7-15(8-10-16)19(25)21-13-18-6-3-11-27-18/h2,4-5,7-10,18H,3,6,11-13H2,1H3,(H,21,25)(H2,22,24,26)/t18-/m1/s1. The maximum atomic E-state index is 12.1. The minimum absolute atomic E-state index is 0.112. The number of urea groups is 1. The van der Waals surface area contributed by atoms with Gasteiger partial charge in [-0.3, -0.25) is 9.78 Å². The maximum absolute atomic E-state index is 12.1. The van der Waals surface area contributed by atoms with Crippen LogP contribution in [-0.2, 0) is 11.3 Å². The molecule has 2 heterocycles.